The third-order valence-corrected chi connectivity index (χ3v) is 8.08. The monoisotopic (exact) mass is 470 g/mol. The highest BCUT2D eigenvalue weighted by molar-refractivity contribution is 5.93. The Hall–Kier alpha value is -2.35. The summed E-state index contributed by atoms with van der Waals surface area (Å²) in [4.78, 5) is 34.2. The molecule has 186 valence electrons. The number of nitrogens with one attached hydrogen (secondary N) is 1. The number of aliphatic hydroxyl groups is 1. The molecule has 5 fully saturated rings. The Balaban J connectivity index is 1.23. The van der Waals surface area contributed by atoms with Crippen LogP contribution >= 0.6 is 0 Å². The minimum Gasteiger partial charge on any atom is -0.444 e. The van der Waals surface area contributed by atoms with Crippen molar-refractivity contribution < 1.29 is 19.4 Å². The number of ether oxygens (including phenoxy) is 1. The summed E-state index contributed by atoms with van der Waals surface area (Å²) in [5, 5.41) is 14.1. The second-order valence-electron chi connectivity index (χ2n) is 12.0. The fourth-order valence-corrected chi connectivity index (χ4v) is 6.94. The summed E-state index contributed by atoms with van der Waals surface area (Å²) in [6.45, 7) is 9.40. The van der Waals surface area contributed by atoms with Gasteiger partial charge < -0.3 is 25.0 Å². The number of amides is 2. The molecule has 0 aromatic carbocycles. The van der Waals surface area contributed by atoms with Crippen LogP contribution in [0.2, 0.25) is 0 Å². The predicted molar refractivity (Wildman–Crippen MR) is 129 cm³/mol. The number of pyridine rings is 1. The average Bonchev–Trinajstić information content (AvgIpc) is 2.74. The molecule has 1 aliphatic heterocycles. The Labute approximate surface area is 202 Å². The van der Waals surface area contributed by atoms with E-state index < -0.39 is 11.2 Å². The molecule has 4 aliphatic carbocycles. The molecular formula is C26H38N4O4. The summed E-state index contributed by atoms with van der Waals surface area (Å²) >= 11 is 0. The lowest BCUT2D eigenvalue weighted by Gasteiger charge is -2.58. The van der Waals surface area contributed by atoms with E-state index in [1.807, 2.05) is 32.9 Å². The fourth-order valence-electron chi connectivity index (χ4n) is 6.94. The van der Waals surface area contributed by atoms with Crippen molar-refractivity contribution >= 4 is 17.8 Å². The molecule has 0 spiro atoms. The zero-order valence-electron chi connectivity index (χ0n) is 20.8. The summed E-state index contributed by atoms with van der Waals surface area (Å²) in [7, 11) is 0. The lowest BCUT2D eigenvalue weighted by Crippen LogP contribution is -2.61. The third kappa shape index (κ3) is 4.61. The summed E-state index contributed by atoms with van der Waals surface area (Å²) in [5.41, 5.74) is -0.602. The number of carbonyl (C=O) groups is 2. The van der Waals surface area contributed by atoms with Crippen LogP contribution in [0.25, 0.3) is 0 Å². The maximum absolute atomic E-state index is 13.2. The van der Waals surface area contributed by atoms with Crippen LogP contribution in [-0.4, -0.2) is 69.9 Å². The first-order valence-electron chi connectivity index (χ1n) is 12.7. The molecule has 8 heteroatoms. The van der Waals surface area contributed by atoms with Gasteiger partial charge in [-0.3, -0.25) is 4.79 Å². The van der Waals surface area contributed by atoms with Gasteiger partial charge in [0.05, 0.1) is 5.60 Å². The van der Waals surface area contributed by atoms with Crippen molar-refractivity contribution in [1.29, 1.82) is 0 Å². The van der Waals surface area contributed by atoms with Crippen molar-refractivity contribution in [3.05, 3.63) is 23.9 Å². The van der Waals surface area contributed by atoms with Gasteiger partial charge in [-0.25, -0.2) is 9.78 Å². The van der Waals surface area contributed by atoms with Gasteiger partial charge >= 0.3 is 6.09 Å². The number of carbonyl (C=O) groups excluding carboxylic acids is 2. The normalized spacial score (nSPS) is 34.8. The first-order valence-corrected chi connectivity index (χ1v) is 12.7. The number of nitrogens with zero attached hydrogens (tertiary/aromatic N) is 3. The molecule has 4 saturated carbocycles. The van der Waals surface area contributed by atoms with Crippen molar-refractivity contribution in [1.82, 2.24) is 15.2 Å². The van der Waals surface area contributed by atoms with E-state index in [-0.39, 0.29) is 24.1 Å². The first-order chi connectivity index (χ1) is 16.0. The van der Waals surface area contributed by atoms with Crippen LogP contribution in [-0.2, 0) is 4.74 Å². The molecule has 1 aromatic rings. The van der Waals surface area contributed by atoms with Gasteiger partial charge in [-0.2, -0.15) is 0 Å². The lowest BCUT2D eigenvalue weighted by atomic mass is 9.52. The first kappa shape index (κ1) is 23.4. The summed E-state index contributed by atoms with van der Waals surface area (Å²) in [6.07, 6.45) is 4.47. The van der Waals surface area contributed by atoms with Gasteiger partial charge in [0, 0.05) is 31.7 Å². The summed E-state index contributed by atoms with van der Waals surface area (Å²) in [5.74, 6) is 1.96. The third-order valence-electron chi connectivity index (χ3n) is 8.08. The Morgan fingerprint density at radius 1 is 1.15 bits per heavy atom. The Bertz CT molecular complexity index is 944. The molecule has 6 rings (SSSR count). The number of hydrogen-bond donors (Lipinski definition) is 2. The summed E-state index contributed by atoms with van der Waals surface area (Å²) < 4.78 is 5.52. The number of hydrogen-bond acceptors (Lipinski definition) is 6. The molecule has 3 unspecified atom stereocenters. The van der Waals surface area contributed by atoms with E-state index in [4.69, 9.17) is 9.72 Å². The van der Waals surface area contributed by atoms with Crippen LogP contribution in [0.1, 0.15) is 70.3 Å². The predicted octanol–water partition coefficient (Wildman–Crippen LogP) is 3.20. The van der Waals surface area contributed by atoms with Gasteiger partial charge in [-0.15, -0.1) is 0 Å². The average molecular weight is 471 g/mol. The molecule has 1 aromatic heterocycles. The molecule has 0 radical (unpaired) electrons. The van der Waals surface area contributed by atoms with E-state index in [2.05, 4.69) is 17.1 Å². The second-order valence-corrected chi connectivity index (χ2v) is 12.0. The van der Waals surface area contributed by atoms with Gasteiger partial charge in [-0.1, -0.05) is 6.07 Å². The fraction of sp³-hybridized carbons (Fsp3) is 0.731. The number of anilines is 1. The SMILES string of the molecule is CC1CN(C(=O)OC(C)(C)C)CCN1c1cccc(C(=O)NC2C3CC4CC2CC(O)(C4)C3)n1. The molecule has 8 nitrogen and oxygen atoms in total. The largest absolute Gasteiger partial charge is 0.444 e. The second kappa shape index (κ2) is 8.40. The Kier molecular flexibility index (Phi) is 5.78. The molecule has 1 saturated heterocycles. The zero-order valence-corrected chi connectivity index (χ0v) is 20.8. The molecule has 4 bridgehead atoms. The van der Waals surface area contributed by atoms with E-state index in [1.165, 1.54) is 0 Å². The van der Waals surface area contributed by atoms with Gasteiger partial charge in [-0.05, 0) is 89.7 Å². The maximum atomic E-state index is 13.2. The standard InChI is InChI=1S/C26H38N4O4/c1-16-15-29(24(32)34-25(2,3)4)8-9-30(16)21-7-5-6-20(27-21)23(31)28-22-18-10-17-11-19(22)14-26(33,12-17)13-18/h5-7,16-19,22,33H,8-15H2,1-4H3,(H,28,31). The molecule has 2 amide bonds. The van der Waals surface area contributed by atoms with Crippen LogP contribution in [0.5, 0.6) is 0 Å². The van der Waals surface area contributed by atoms with Crippen LogP contribution in [0, 0.1) is 17.8 Å². The molecule has 5 aliphatic rings. The van der Waals surface area contributed by atoms with Crippen LogP contribution in [0.3, 0.4) is 0 Å². The van der Waals surface area contributed by atoms with Crippen LogP contribution in [0.15, 0.2) is 18.2 Å². The smallest absolute Gasteiger partial charge is 0.410 e. The Morgan fingerprint density at radius 3 is 2.47 bits per heavy atom. The van der Waals surface area contributed by atoms with Crippen LogP contribution in [0.4, 0.5) is 10.6 Å². The number of aromatic nitrogens is 1. The maximum Gasteiger partial charge on any atom is 0.410 e. The van der Waals surface area contributed by atoms with Crippen molar-refractivity contribution in [2.45, 2.75) is 83.1 Å². The van der Waals surface area contributed by atoms with E-state index >= 15 is 0 Å². The molecule has 3 atom stereocenters. The molecule has 2 N–H and O–H groups in total. The van der Waals surface area contributed by atoms with E-state index in [1.54, 1.807) is 11.0 Å². The minimum atomic E-state index is -0.518. The molecule has 2 heterocycles. The van der Waals surface area contributed by atoms with Crippen molar-refractivity contribution in [2.24, 2.45) is 17.8 Å². The van der Waals surface area contributed by atoms with Crippen molar-refractivity contribution in [2.75, 3.05) is 24.5 Å². The summed E-state index contributed by atoms with van der Waals surface area (Å²) in [6, 6.07) is 5.76. The zero-order chi connectivity index (χ0) is 24.3. The van der Waals surface area contributed by atoms with Gasteiger partial charge in [0.25, 0.3) is 5.91 Å². The van der Waals surface area contributed by atoms with Crippen LogP contribution < -0.4 is 10.2 Å². The van der Waals surface area contributed by atoms with Crippen molar-refractivity contribution in [3.8, 4) is 0 Å². The van der Waals surface area contributed by atoms with Gasteiger partial charge in [0.1, 0.15) is 17.1 Å². The van der Waals surface area contributed by atoms with Crippen molar-refractivity contribution in [3.63, 3.8) is 0 Å². The molecule has 34 heavy (non-hydrogen) atoms. The highest BCUT2D eigenvalue weighted by Gasteiger charge is 2.55. The highest BCUT2D eigenvalue weighted by atomic mass is 16.6. The highest BCUT2D eigenvalue weighted by Crippen LogP contribution is 2.55. The number of rotatable bonds is 3. The van der Waals surface area contributed by atoms with E-state index in [9.17, 15) is 14.7 Å². The Morgan fingerprint density at radius 2 is 1.85 bits per heavy atom. The van der Waals surface area contributed by atoms with E-state index in [0.717, 1.165) is 37.9 Å². The minimum absolute atomic E-state index is 0.0530. The molecular weight excluding hydrogens is 432 g/mol. The van der Waals surface area contributed by atoms with E-state index in [0.29, 0.717) is 43.1 Å². The quantitative estimate of drug-likeness (QED) is 0.705. The van der Waals surface area contributed by atoms with Gasteiger partial charge in [0.15, 0.2) is 0 Å². The van der Waals surface area contributed by atoms with Gasteiger partial charge in [0.2, 0.25) is 0 Å². The number of piperazine rings is 1. The topological polar surface area (TPSA) is 95.0 Å². The lowest BCUT2D eigenvalue weighted by molar-refractivity contribution is -0.136.